The number of carbonyl (C=O) groups excluding carboxylic acids is 1. The Hall–Kier alpha value is -0.350. The van der Waals surface area contributed by atoms with E-state index in [2.05, 4.69) is 20.9 Å². The highest BCUT2D eigenvalue weighted by Gasteiger charge is 2.01. The Bertz CT molecular complexity index is 290. The third-order valence-corrected chi connectivity index (χ3v) is 3.19. The Kier molecular flexibility index (Phi) is 3.75. The number of halogens is 1. The van der Waals surface area contributed by atoms with Crippen molar-refractivity contribution in [3.63, 3.8) is 0 Å². The highest BCUT2D eigenvalue weighted by Crippen LogP contribution is 2.24. The maximum atomic E-state index is 10.7. The molecular weight excluding hydrogens is 238 g/mol. The van der Waals surface area contributed by atoms with Gasteiger partial charge in [-0.05, 0) is 35.0 Å². The molecule has 12 heavy (non-hydrogen) atoms. The lowest BCUT2D eigenvalue weighted by Crippen LogP contribution is -1.93. The van der Waals surface area contributed by atoms with E-state index in [1.54, 1.807) is 13.1 Å². The van der Waals surface area contributed by atoms with Gasteiger partial charge in [0.05, 0.1) is 5.75 Å². The number of Topliss-reactive ketones (excluding diaryl/α,β-unsaturated/α-hetero) is 1. The summed E-state index contributed by atoms with van der Waals surface area (Å²) < 4.78 is 0.941. The van der Waals surface area contributed by atoms with E-state index in [9.17, 15) is 4.79 Å². The van der Waals surface area contributed by atoms with Crippen molar-refractivity contribution < 1.29 is 4.79 Å². The normalized spacial score (nSPS) is 9.83. The van der Waals surface area contributed by atoms with Gasteiger partial charge >= 0.3 is 0 Å². The van der Waals surface area contributed by atoms with E-state index in [0.29, 0.717) is 5.75 Å². The van der Waals surface area contributed by atoms with Gasteiger partial charge < -0.3 is 0 Å². The maximum Gasteiger partial charge on any atom is 0.140 e. The van der Waals surface area contributed by atoms with Gasteiger partial charge in [-0.1, -0.05) is 11.8 Å². The van der Waals surface area contributed by atoms with Crippen LogP contribution < -0.4 is 0 Å². The highest BCUT2D eigenvalue weighted by molar-refractivity contribution is 9.10. The SMILES string of the molecule is CC(=O)CSc1ncccc1Br. The minimum Gasteiger partial charge on any atom is -0.299 e. The summed E-state index contributed by atoms with van der Waals surface area (Å²) in [5, 5.41) is 0.868. The fourth-order valence-electron chi connectivity index (χ4n) is 0.647. The third kappa shape index (κ3) is 2.95. The van der Waals surface area contributed by atoms with Gasteiger partial charge in [0.15, 0.2) is 0 Å². The van der Waals surface area contributed by atoms with Crippen molar-refractivity contribution in [3.8, 4) is 0 Å². The van der Waals surface area contributed by atoms with Crippen LogP contribution in [0.1, 0.15) is 6.92 Å². The minimum atomic E-state index is 0.164. The first-order chi connectivity index (χ1) is 5.70. The molecule has 0 N–H and O–H groups in total. The molecule has 4 heteroatoms. The molecule has 0 spiro atoms. The summed E-state index contributed by atoms with van der Waals surface area (Å²) in [7, 11) is 0. The van der Waals surface area contributed by atoms with Crippen molar-refractivity contribution >= 4 is 33.5 Å². The van der Waals surface area contributed by atoms with Crippen LogP contribution in [-0.4, -0.2) is 16.5 Å². The van der Waals surface area contributed by atoms with Gasteiger partial charge in [-0.3, -0.25) is 4.79 Å². The Morgan fingerprint density at radius 3 is 3.08 bits per heavy atom. The molecule has 1 heterocycles. The quantitative estimate of drug-likeness (QED) is 0.767. The zero-order chi connectivity index (χ0) is 8.97. The van der Waals surface area contributed by atoms with Crippen LogP contribution in [0.5, 0.6) is 0 Å². The van der Waals surface area contributed by atoms with Gasteiger partial charge in [-0.25, -0.2) is 4.98 Å². The molecule has 0 atom stereocenters. The molecular formula is C8H8BrNOS. The number of nitrogens with zero attached hydrogens (tertiary/aromatic N) is 1. The molecule has 1 rings (SSSR count). The molecule has 1 aromatic heterocycles. The van der Waals surface area contributed by atoms with Gasteiger partial charge in [-0.2, -0.15) is 0 Å². The predicted molar refractivity (Wildman–Crippen MR) is 53.3 cm³/mol. The molecule has 0 amide bonds. The van der Waals surface area contributed by atoms with Crippen LogP contribution in [0.3, 0.4) is 0 Å². The van der Waals surface area contributed by atoms with E-state index in [0.717, 1.165) is 9.50 Å². The van der Waals surface area contributed by atoms with Crippen LogP contribution in [0, 0.1) is 0 Å². The Labute approximate surface area is 83.9 Å². The molecule has 0 saturated carbocycles. The number of carbonyl (C=O) groups is 1. The minimum absolute atomic E-state index is 0.164. The lowest BCUT2D eigenvalue weighted by Gasteiger charge is -1.99. The van der Waals surface area contributed by atoms with Gasteiger partial charge in [0.25, 0.3) is 0 Å². The molecule has 0 bridgehead atoms. The Morgan fingerprint density at radius 2 is 2.50 bits per heavy atom. The summed E-state index contributed by atoms with van der Waals surface area (Å²) in [5.74, 6) is 0.646. The average Bonchev–Trinajstić information content (AvgIpc) is 2.03. The molecule has 64 valence electrons. The summed E-state index contributed by atoms with van der Waals surface area (Å²) in [6.07, 6.45) is 1.72. The molecule has 1 aromatic rings. The lowest BCUT2D eigenvalue weighted by molar-refractivity contribution is -0.114. The molecule has 0 aliphatic heterocycles. The second-order valence-corrected chi connectivity index (χ2v) is 4.10. The molecule has 0 fully saturated rings. The number of rotatable bonds is 3. The zero-order valence-corrected chi connectivity index (χ0v) is 8.98. The van der Waals surface area contributed by atoms with Crippen molar-refractivity contribution in [2.45, 2.75) is 11.9 Å². The monoisotopic (exact) mass is 245 g/mol. The number of thioether (sulfide) groups is 1. The Balaban J connectivity index is 2.63. The van der Waals surface area contributed by atoms with Crippen LogP contribution >= 0.6 is 27.7 Å². The van der Waals surface area contributed by atoms with E-state index in [4.69, 9.17) is 0 Å². The number of hydrogen-bond donors (Lipinski definition) is 0. The standard InChI is InChI=1S/C8H8BrNOS/c1-6(11)5-12-8-7(9)3-2-4-10-8/h2-4H,5H2,1H3. The first kappa shape index (κ1) is 9.74. The molecule has 0 radical (unpaired) electrons. The molecule has 0 aliphatic carbocycles. The zero-order valence-electron chi connectivity index (χ0n) is 6.58. The van der Waals surface area contributed by atoms with Crippen LogP contribution in [0.4, 0.5) is 0 Å². The molecule has 0 saturated heterocycles. The third-order valence-electron chi connectivity index (χ3n) is 1.14. The largest absolute Gasteiger partial charge is 0.299 e. The fraction of sp³-hybridized carbons (Fsp3) is 0.250. The summed E-state index contributed by atoms with van der Waals surface area (Å²) >= 11 is 4.80. The maximum absolute atomic E-state index is 10.7. The summed E-state index contributed by atoms with van der Waals surface area (Å²) in [6, 6.07) is 3.76. The van der Waals surface area contributed by atoms with Crippen LogP contribution in [0.25, 0.3) is 0 Å². The van der Waals surface area contributed by atoms with E-state index in [1.165, 1.54) is 11.8 Å². The second kappa shape index (κ2) is 4.62. The van der Waals surface area contributed by atoms with E-state index >= 15 is 0 Å². The van der Waals surface area contributed by atoms with Crippen molar-refractivity contribution in [1.82, 2.24) is 4.98 Å². The summed E-state index contributed by atoms with van der Waals surface area (Å²) in [6.45, 7) is 1.57. The topological polar surface area (TPSA) is 30.0 Å². The number of ketones is 1. The van der Waals surface area contributed by atoms with Gasteiger partial charge in [0, 0.05) is 10.7 Å². The molecule has 0 aromatic carbocycles. The van der Waals surface area contributed by atoms with Crippen molar-refractivity contribution in [3.05, 3.63) is 22.8 Å². The van der Waals surface area contributed by atoms with Gasteiger partial charge in [-0.15, -0.1) is 0 Å². The first-order valence-electron chi connectivity index (χ1n) is 3.43. The predicted octanol–water partition coefficient (Wildman–Crippen LogP) is 2.53. The van der Waals surface area contributed by atoms with Crippen molar-refractivity contribution in [2.75, 3.05) is 5.75 Å². The molecule has 0 aliphatic rings. The summed E-state index contributed by atoms with van der Waals surface area (Å²) in [5.41, 5.74) is 0. The smallest absolute Gasteiger partial charge is 0.140 e. The van der Waals surface area contributed by atoms with E-state index < -0.39 is 0 Å². The number of hydrogen-bond acceptors (Lipinski definition) is 3. The number of aromatic nitrogens is 1. The number of pyridine rings is 1. The van der Waals surface area contributed by atoms with Gasteiger partial charge in [0.1, 0.15) is 10.8 Å². The molecule has 2 nitrogen and oxygen atoms in total. The molecule has 0 unspecified atom stereocenters. The Morgan fingerprint density at radius 1 is 1.75 bits per heavy atom. The highest BCUT2D eigenvalue weighted by atomic mass is 79.9. The van der Waals surface area contributed by atoms with Crippen LogP contribution in [-0.2, 0) is 4.79 Å². The van der Waals surface area contributed by atoms with Gasteiger partial charge in [0.2, 0.25) is 0 Å². The van der Waals surface area contributed by atoms with E-state index in [1.807, 2.05) is 12.1 Å². The second-order valence-electron chi connectivity index (χ2n) is 2.28. The van der Waals surface area contributed by atoms with E-state index in [-0.39, 0.29) is 5.78 Å². The van der Waals surface area contributed by atoms with Crippen LogP contribution in [0.15, 0.2) is 27.8 Å². The van der Waals surface area contributed by atoms with Crippen molar-refractivity contribution in [1.29, 1.82) is 0 Å². The average molecular weight is 246 g/mol. The van der Waals surface area contributed by atoms with Crippen molar-refractivity contribution in [2.24, 2.45) is 0 Å². The van der Waals surface area contributed by atoms with Crippen LogP contribution in [0.2, 0.25) is 0 Å². The summed E-state index contributed by atoms with van der Waals surface area (Å²) in [4.78, 5) is 14.8. The fourth-order valence-corrected chi connectivity index (χ4v) is 1.93. The lowest BCUT2D eigenvalue weighted by atomic mass is 10.5. The first-order valence-corrected chi connectivity index (χ1v) is 5.21.